The lowest BCUT2D eigenvalue weighted by molar-refractivity contribution is 0.0724. The molecule has 202 valence electrons. The number of rotatable bonds is 7. The van der Waals surface area contributed by atoms with Gasteiger partial charge in [0.15, 0.2) is 11.5 Å². The summed E-state index contributed by atoms with van der Waals surface area (Å²) in [5.41, 5.74) is 0.777. The van der Waals surface area contributed by atoms with Gasteiger partial charge in [-0.2, -0.15) is 0 Å². The second kappa shape index (κ2) is 11.1. The van der Waals surface area contributed by atoms with E-state index in [9.17, 15) is 18.8 Å². The summed E-state index contributed by atoms with van der Waals surface area (Å²) in [6.45, 7) is 1.41. The van der Waals surface area contributed by atoms with E-state index in [0.29, 0.717) is 33.7 Å². The third kappa shape index (κ3) is 5.16. The average Bonchev–Trinajstić information content (AvgIpc) is 2.98. The molecule has 0 saturated carbocycles. The number of carbonyl (C=O) groups excluding carboxylic acids is 1. The zero-order valence-corrected chi connectivity index (χ0v) is 22.0. The molecule has 0 unspecified atom stereocenters. The van der Waals surface area contributed by atoms with Gasteiger partial charge in [0.25, 0.3) is 11.5 Å². The summed E-state index contributed by atoms with van der Waals surface area (Å²) in [5.74, 6) is 0.213. The zero-order chi connectivity index (χ0) is 27.5. The maximum absolute atomic E-state index is 14.6. The summed E-state index contributed by atoms with van der Waals surface area (Å²) in [6, 6.07) is 16.2. The van der Waals surface area contributed by atoms with Gasteiger partial charge in [0, 0.05) is 30.3 Å². The fourth-order valence-electron chi connectivity index (χ4n) is 5.05. The summed E-state index contributed by atoms with van der Waals surface area (Å²) in [5, 5.41) is 0.237. The molecule has 39 heavy (non-hydrogen) atoms. The smallest absolute Gasteiger partial charge is 0.332 e. The third-order valence-electron chi connectivity index (χ3n) is 7.20. The number of piperidine rings is 1. The van der Waals surface area contributed by atoms with Crippen LogP contribution in [0, 0.1) is 5.82 Å². The van der Waals surface area contributed by atoms with Gasteiger partial charge in [-0.1, -0.05) is 30.3 Å². The highest BCUT2D eigenvalue weighted by Gasteiger charge is 2.20. The molecule has 1 saturated heterocycles. The summed E-state index contributed by atoms with van der Waals surface area (Å²) in [6.07, 6.45) is 3.14. The van der Waals surface area contributed by atoms with Crippen LogP contribution in [-0.4, -0.2) is 47.3 Å². The second-order valence-corrected chi connectivity index (χ2v) is 9.63. The number of hydrogen-bond acceptors (Lipinski definition) is 5. The van der Waals surface area contributed by atoms with E-state index in [-0.39, 0.29) is 24.4 Å². The number of aromatic nitrogens is 2. The molecular formula is C30H30FN3O5. The highest BCUT2D eigenvalue weighted by molar-refractivity contribution is 5.94. The Bertz CT molecular complexity index is 1640. The quantitative estimate of drug-likeness (QED) is 0.360. The molecular weight excluding hydrogens is 501 g/mol. The van der Waals surface area contributed by atoms with Crippen molar-refractivity contribution in [2.45, 2.75) is 32.4 Å². The maximum Gasteiger partial charge on any atom is 0.332 e. The van der Waals surface area contributed by atoms with Crippen LogP contribution < -0.4 is 20.7 Å². The number of ether oxygens (including phenoxy) is 2. The number of fused-ring (bicyclic) bond motifs is 1. The fourth-order valence-corrected chi connectivity index (χ4v) is 5.05. The SMILES string of the molecule is COc1cc2c(=O)n(Cc3ccc(C(=O)N4CCCCC4)cc3)c(=O)n(Cc3ccccc3F)c2cc1OC. The van der Waals surface area contributed by atoms with Crippen LogP contribution in [0.25, 0.3) is 10.9 Å². The van der Waals surface area contributed by atoms with E-state index in [0.717, 1.165) is 36.9 Å². The summed E-state index contributed by atoms with van der Waals surface area (Å²) >= 11 is 0. The molecule has 8 nitrogen and oxygen atoms in total. The number of amides is 1. The van der Waals surface area contributed by atoms with E-state index in [1.54, 1.807) is 48.5 Å². The lowest BCUT2D eigenvalue weighted by Gasteiger charge is -2.26. The van der Waals surface area contributed by atoms with Crippen molar-refractivity contribution in [2.75, 3.05) is 27.3 Å². The van der Waals surface area contributed by atoms with E-state index in [1.165, 1.54) is 30.9 Å². The van der Waals surface area contributed by atoms with Gasteiger partial charge in [0.2, 0.25) is 0 Å². The number of hydrogen-bond donors (Lipinski definition) is 0. The molecule has 0 N–H and O–H groups in total. The fraction of sp³-hybridized carbons (Fsp3) is 0.300. The molecule has 3 aromatic carbocycles. The Morgan fingerprint density at radius 3 is 2.18 bits per heavy atom. The van der Waals surface area contributed by atoms with Gasteiger partial charge in [-0.05, 0) is 49.1 Å². The molecule has 4 aromatic rings. The second-order valence-electron chi connectivity index (χ2n) is 9.63. The van der Waals surface area contributed by atoms with Crippen molar-refractivity contribution >= 4 is 16.8 Å². The predicted octanol–water partition coefficient (Wildman–Crippen LogP) is 4.04. The van der Waals surface area contributed by atoms with Crippen LogP contribution >= 0.6 is 0 Å². The van der Waals surface area contributed by atoms with Crippen LogP contribution in [0.2, 0.25) is 0 Å². The molecule has 1 amide bonds. The highest BCUT2D eigenvalue weighted by atomic mass is 19.1. The lowest BCUT2D eigenvalue weighted by Crippen LogP contribution is -2.40. The van der Waals surface area contributed by atoms with Crippen LogP contribution in [0.1, 0.15) is 40.7 Å². The molecule has 0 spiro atoms. The van der Waals surface area contributed by atoms with Gasteiger partial charge in [-0.3, -0.25) is 18.7 Å². The monoisotopic (exact) mass is 531 g/mol. The highest BCUT2D eigenvalue weighted by Crippen LogP contribution is 2.30. The van der Waals surface area contributed by atoms with Crippen molar-refractivity contribution in [1.29, 1.82) is 0 Å². The Labute approximate surface area is 224 Å². The Hall–Kier alpha value is -4.40. The maximum atomic E-state index is 14.6. The van der Waals surface area contributed by atoms with E-state index in [2.05, 4.69) is 0 Å². The van der Waals surface area contributed by atoms with Gasteiger partial charge < -0.3 is 14.4 Å². The molecule has 9 heteroatoms. The van der Waals surface area contributed by atoms with Crippen LogP contribution in [0.3, 0.4) is 0 Å². The number of benzene rings is 3. The largest absolute Gasteiger partial charge is 0.493 e. The van der Waals surface area contributed by atoms with Crippen molar-refractivity contribution in [3.8, 4) is 11.5 Å². The van der Waals surface area contributed by atoms with Gasteiger partial charge >= 0.3 is 5.69 Å². The van der Waals surface area contributed by atoms with Crippen molar-refractivity contribution in [3.63, 3.8) is 0 Å². The Morgan fingerprint density at radius 2 is 1.51 bits per heavy atom. The molecule has 1 aromatic heterocycles. The van der Waals surface area contributed by atoms with Gasteiger partial charge in [0.05, 0.1) is 38.2 Å². The Balaban J connectivity index is 1.57. The van der Waals surface area contributed by atoms with Crippen molar-refractivity contribution in [1.82, 2.24) is 14.0 Å². The first-order valence-electron chi connectivity index (χ1n) is 12.9. The summed E-state index contributed by atoms with van der Waals surface area (Å²) in [4.78, 5) is 42.0. The zero-order valence-electron chi connectivity index (χ0n) is 22.0. The Morgan fingerprint density at radius 1 is 0.846 bits per heavy atom. The van der Waals surface area contributed by atoms with Crippen molar-refractivity contribution in [3.05, 3.63) is 104 Å². The number of carbonyl (C=O) groups is 1. The number of likely N-dealkylation sites (tertiary alicyclic amines) is 1. The first-order chi connectivity index (χ1) is 18.9. The third-order valence-corrected chi connectivity index (χ3v) is 7.20. The lowest BCUT2D eigenvalue weighted by atomic mass is 10.1. The molecule has 0 radical (unpaired) electrons. The van der Waals surface area contributed by atoms with Gasteiger partial charge in [-0.25, -0.2) is 9.18 Å². The van der Waals surface area contributed by atoms with E-state index < -0.39 is 17.1 Å². The molecule has 1 aliphatic rings. The predicted molar refractivity (Wildman–Crippen MR) is 146 cm³/mol. The van der Waals surface area contributed by atoms with Gasteiger partial charge in [-0.15, -0.1) is 0 Å². The number of nitrogens with zero attached hydrogens (tertiary/aromatic N) is 3. The minimum absolute atomic E-state index is 0.0163. The number of methoxy groups -OCH3 is 2. The standard InChI is InChI=1S/C30H30FN3O5/c1-38-26-16-23-25(17-27(26)39-2)33(19-22-8-4-5-9-24(22)31)30(37)34(29(23)36)18-20-10-12-21(13-11-20)28(35)32-14-6-3-7-15-32/h4-5,8-13,16-17H,3,6-7,14-15,18-19H2,1-2H3. The molecule has 1 fully saturated rings. The first-order valence-corrected chi connectivity index (χ1v) is 12.9. The van der Waals surface area contributed by atoms with Crippen molar-refractivity contribution < 1.29 is 18.7 Å². The molecule has 1 aliphatic heterocycles. The minimum atomic E-state index is -0.587. The number of halogens is 1. The minimum Gasteiger partial charge on any atom is -0.493 e. The molecule has 0 bridgehead atoms. The van der Waals surface area contributed by atoms with E-state index >= 15 is 0 Å². The van der Waals surface area contributed by atoms with Crippen molar-refractivity contribution in [2.24, 2.45) is 0 Å². The average molecular weight is 532 g/mol. The van der Waals surface area contributed by atoms with Crippen LogP contribution in [0.15, 0.2) is 70.3 Å². The van der Waals surface area contributed by atoms with Crippen LogP contribution in [0.5, 0.6) is 11.5 Å². The van der Waals surface area contributed by atoms with Crippen LogP contribution in [-0.2, 0) is 13.1 Å². The first kappa shape index (κ1) is 26.2. The molecule has 5 rings (SSSR count). The normalized spacial score (nSPS) is 13.5. The van der Waals surface area contributed by atoms with E-state index in [1.807, 2.05) is 4.90 Å². The summed E-state index contributed by atoms with van der Waals surface area (Å²) in [7, 11) is 2.92. The van der Waals surface area contributed by atoms with E-state index in [4.69, 9.17) is 9.47 Å². The molecule has 0 atom stereocenters. The summed E-state index contributed by atoms with van der Waals surface area (Å²) < 4.78 is 27.9. The topological polar surface area (TPSA) is 82.8 Å². The molecule has 2 heterocycles. The molecule has 0 aliphatic carbocycles. The van der Waals surface area contributed by atoms with Gasteiger partial charge in [0.1, 0.15) is 5.82 Å². The Kier molecular flexibility index (Phi) is 7.49. The van der Waals surface area contributed by atoms with Crippen LogP contribution in [0.4, 0.5) is 4.39 Å².